The van der Waals surface area contributed by atoms with Gasteiger partial charge >= 0.3 is 0 Å². The standard InChI is InChI=1S/C33H28N4O3S/c1-41(40)31-11-5-3-9-28(31)24-12-14-25(15-13-24)33(39)37-22-27-16-17-30(32(38)35-20-23-7-6-18-34-19-23)36(27)21-26-8-2-4-10-29(26)37/h2-19H,20-22H2,1H3,(H,35,38). The van der Waals surface area contributed by atoms with Gasteiger partial charge in [-0.1, -0.05) is 54.6 Å². The molecular weight excluding hydrogens is 532 g/mol. The van der Waals surface area contributed by atoms with E-state index >= 15 is 0 Å². The number of nitrogens with zero attached hydrogens (tertiary/aromatic N) is 3. The Labute approximate surface area is 240 Å². The van der Waals surface area contributed by atoms with Gasteiger partial charge in [-0.15, -0.1) is 0 Å². The second-order valence-corrected chi connectivity index (χ2v) is 11.2. The van der Waals surface area contributed by atoms with Crippen molar-refractivity contribution in [2.75, 3.05) is 11.2 Å². The molecule has 2 aromatic heterocycles. The summed E-state index contributed by atoms with van der Waals surface area (Å²) in [7, 11) is -1.13. The molecule has 6 rings (SSSR count). The third-order valence-electron chi connectivity index (χ3n) is 7.30. The molecule has 1 atom stereocenters. The van der Waals surface area contributed by atoms with E-state index in [-0.39, 0.29) is 11.8 Å². The predicted molar refractivity (Wildman–Crippen MR) is 160 cm³/mol. The number of carbonyl (C=O) groups excluding carboxylic acids is 2. The van der Waals surface area contributed by atoms with Gasteiger partial charge in [-0.3, -0.25) is 18.8 Å². The predicted octanol–water partition coefficient (Wildman–Crippen LogP) is 5.43. The van der Waals surface area contributed by atoms with E-state index in [9.17, 15) is 13.8 Å². The largest absolute Gasteiger partial charge is 0.347 e. The third-order valence-corrected chi connectivity index (χ3v) is 8.27. The van der Waals surface area contributed by atoms with Gasteiger partial charge in [0.2, 0.25) is 0 Å². The number of fused-ring (bicyclic) bond motifs is 2. The molecule has 1 aliphatic heterocycles. The number of para-hydroxylation sites is 1. The van der Waals surface area contributed by atoms with Crippen LogP contribution in [-0.2, 0) is 30.4 Å². The van der Waals surface area contributed by atoms with E-state index in [1.807, 2.05) is 102 Å². The van der Waals surface area contributed by atoms with Crippen LogP contribution in [0, 0.1) is 0 Å². The van der Waals surface area contributed by atoms with E-state index < -0.39 is 10.8 Å². The summed E-state index contributed by atoms with van der Waals surface area (Å²) in [5.74, 6) is -0.310. The zero-order valence-electron chi connectivity index (χ0n) is 22.5. The molecule has 0 fully saturated rings. The summed E-state index contributed by atoms with van der Waals surface area (Å²) in [6.07, 6.45) is 5.10. The van der Waals surface area contributed by atoms with Crippen LogP contribution in [0.15, 0.2) is 114 Å². The van der Waals surface area contributed by atoms with Gasteiger partial charge in [0.1, 0.15) is 5.69 Å². The van der Waals surface area contributed by atoms with E-state index in [2.05, 4.69) is 10.3 Å². The monoisotopic (exact) mass is 560 g/mol. The van der Waals surface area contributed by atoms with E-state index in [0.717, 1.165) is 38.5 Å². The highest BCUT2D eigenvalue weighted by molar-refractivity contribution is 7.84. The van der Waals surface area contributed by atoms with Gasteiger partial charge < -0.3 is 14.8 Å². The Hall–Kier alpha value is -4.82. The molecule has 0 aliphatic carbocycles. The first-order valence-corrected chi connectivity index (χ1v) is 14.8. The number of hydrogen-bond acceptors (Lipinski definition) is 4. The fourth-order valence-electron chi connectivity index (χ4n) is 5.22. The summed E-state index contributed by atoms with van der Waals surface area (Å²) in [6, 6.07) is 30.3. The lowest BCUT2D eigenvalue weighted by molar-refractivity contribution is 0.0941. The van der Waals surface area contributed by atoms with Gasteiger partial charge in [0.15, 0.2) is 0 Å². The average Bonchev–Trinajstić information content (AvgIpc) is 3.33. The number of hydrogen-bond donors (Lipinski definition) is 1. The summed E-state index contributed by atoms with van der Waals surface area (Å²) in [5.41, 5.74) is 6.45. The molecule has 1 aliphatic rings. The molecule has 2 amide bonds. The first kappa shape index (κ1) is 26.4. The Kier molecular flexibility index (Phi) is 7.31. The van der Waals surface area contributed by atoms with Crippen molar-refractivity contribution in [1.82, 2.24) is 14.9 Å². The van der Waals surface area contributed by atoms with Crippen molar-refractivity contribution in [3.63, 3.8) is 0 Å². The summed E-state index contributed by atoms with van der Waals surface area (Å²) in [5, 5.41) is 2.99. The van der Waals surface area contributed by atoms with Crippen molar-refractivity contribution in [2.45, 2.75) is 24.5 Å². The van der Waals surface area contributed by atoms with Crippen molar-refractivity contribution in [3.05, 3.63) is 138 Å². The minimum absolute atomic E-state index is 0.131. The highest BCUT2D eigenvalue weighted by Gasteiger charge is 2.27. The van der Waals surface area contributed by atoms with Crippen LogP contribution >= 0.6 is 0 Å². The first-order valence-electron chi connectivity index (χ1n) is 13.3. The topological polar surface area (TPSA) is 84.3 Å². The fraction of sp³-hybridized carbons (Fsp3) is 0.121. The Morgan fingerprint density at radius 2 is 1.66 bits per heavy atom. The molecule has 0 saturated carbocycles. The molecule has 8 heteroatoms. The van der Waals surface area contributed by atoms with Gasteiger partial charge in [-0.05, 0) is 64.7 Å². The minimum Gasteiger partial charge on any atom is -0.347 e. The highest BCUT2D eigenvalue weighted by Crippen LogP contribution is 2.31. The second-order valence-electron chi connectivity index (χ2n) is 9.89. The number of nitrogens with one attached hydrogen (secondary N) is 1. The highest BCUT2D eigenvalue weighted by atomic mass is 32.2. The van der Waals surface area contributed by atoms with Crippen LogP contribution in [0.5, 0.6) is 0 Å². The summed E-state index contributed by atoms with van der Waals surface area (Å²) in [4.78, 5) is 33.7. The molecule has 1 N–H and O–H groups in total. The summed E-state index contributed by atoms with van der Waals surface area (Å²) >= 11 is 0. The number of benzene rings is 3. The van der Waals surface area contributed by atoms with Crippen LogP contribution in [-0.4, -0.2) is 31.8 Å². The Balaban J connectivity index is 1.28. The number of carbonyl (C=O) groups is 2. The number of aromatic nitrogens is 2. The van der Waals surface area contributed by atoms with Crippen molar-refractivity contribution in [1.29, 1.82) is 0 Å². The van der Waals surface area contributed by atoms with Crippen LogP contribution in [0.3, 0.4) is 0 Å². The Morgan fingerprint density at radius 3 is 2.44 bits per heavy atom. The Morgan fingerprint density at radius 1 is 0.878 bits per heavy atom. The lowest BCUT2D eigenvalue weighted by Gasteiger charge is -2.23. The zero-order chi connectivity index (χ0) is 28.3. The molecule has 3 heterocycles. The number of anilines is 1. The van der Waals surface area contributed by atoms with E-state index in [1.54, 1.807) is 23.5 Å². The van der Waals surface area contributed by atoms with E-state index in [1.165, 1.54) is 0 Å². The van der Waals surface area contributed by atoms with Crippen LogP contribution in [0.1, 0.15) is 37.7 Å². The van der Waals surface area contributed by atoms with Crippen LogP contribution in [0.25, 0.3) is 11.1 Å². The second kappa shape index (κ2) is 11.3. The maximum Gasteiger partial charge on any atom is 0.268 e. The molecule has 0 spiro atoms. The fourth-order valence-corrected chi connectivity index (χ4v) is 5.98. The lowest BCUT2D eigenvalue weighted by Crippen LogP contribution is -2.30. The molecule has 0 bridgehead atoms. The SMILES string of the molecule is CS(=O)c1ccccc1-c1ccc(C(=O)N2Cc3ccc(C(=O)NCc4cccnc4)n3Cc3ccccc32)cc1. The van der Waals surface area contributed by atoms with Crippen molar-refractivity contribution in [3.8, 4) is 11.1 Å². The van der Waals surface area contributed by atoms with Crippen LogP contribution in [0.4, 0.5) is 5.69 Å². The van der Waals surface area contributed by atoms with Gasteiger partial charge in [-0.25, -0.2) is 0 Å². The van der Waals surface area contributed by atoms with Gasteiger partial charge in [0.25, 0.3) is 11.8 Å². The number of rotatable bonds is 6. The minimum atomic E-state index is -1.13. The smallest absolute Gasteiger partial charge is 0.268 e. The molecule has 204 valence electrons. The molecule has 0 radical (unpaired) electrons. The van der Waals surface area contributed by atoms with Crippen molar-refractivity contribution >= 4 is 28.3 Å². The van der Waals surface area contributed by atoms with Gasteiger partial charge in [0.05, 0.1) is 23.9 Å². The van der Waals surface area contributed by atoms with E-state index in [4.69, 9.17) is 0 Å². The van der Waals surface area contributed by atoms with Gasteiger partial charge in [-0.2, -0.15) is 0 Å². The third kappa shape index (κ3) is 5.34. The summed E-state index contributed by atoms with van der Waals surface area (Å²) < 4.78 is 14.2. The average molecular weight is 561 g/mol. The number of amides is 2. The van der Waals surface area contributed by atoms with Gasteiger partial charge in [0, 0.05) is 47.0 Å². The molecule has 1 unspecified atom stereocenters. The maximum absolute atomic E-state index is 13.9. The van der Waals surface area contributed by atoms with Crippen molar-refractivity contribution in [2.24, 2.45) is 0 Å². The first-order chi connectivity index (χ1) is 20.0. The van der Waals surface area contributed by atoms with Crippen LogP contribution in [0.2, 0.25) is 0 Å². The molecule has 0 saturated heterocycles. The van der Waals surface area contributed by atoms with Crippen LogP contribution < -0.4 is 10.2 Å². The lowest BCUT2D eigenvalue weighted by atomic mass is 10.0. The number of pyridine rings is 1. The molecule has 7 nitrogen and oxygen atoms in total. The maximum atomic E-state index is 13.9. The molecule has 41 heavy (non-hydrogen) atoms. The quantitative estimate of drug-likeness (QED) is 0.300. The normalized spacial score (nSPS) is 13.0. The zero-order valence-corrected chi connectivity index (χ0v) is 23.3. The molecular formula is C33H28N4O3S. The summed E-state index contributed by atoms with van der Waals surface area (Å²) in [6.45, 7) is 1.18. The molecule has 3 aromatic carbocycles. The van der Waals surface area contributed by atoms with Crippen molar-refractivity contribution < 1.29 is 13.8 Å². The molecule has 5 aromatic rings. The van der Waals surface area contributed by atoms with E-state index in [0.29, 0.717) is 30.9 Å². The Bertz CT molecular complexity index is 1760.